The Balaban J connectivity index is 1.56. The predicted molar refractivity (Wildman–Crippen MR) is 119 cm³/mol. The Morgan fingerprint density at radius 1 is 1.21 bits per heavy atom. The molecule has 3 rings (SSSR count). The summed E-state index contributed by atoms with van der Waals surface area (Å²) in [6.45, 7) is 5.60. The van der Waals surface area contributed by atoms with Gasteiger partial charge in [-0.1, -0.05) is 43.6 Å². The third-order valence-corrected chi connectivity index (χ3v) is 6.34. The minimum Gasteiger partial charge on any atom is -0.302 e. The maximum absolute atomic E-state index is 12.3. The van der Waals surface area contributed by atoms with Crippen molar-refractivity contribution in [3.63, 3.8) is 0 Å². The number of aryl methyl sites for hydroxylation is 1. The van der Waals surface area contributed by atoms with Crippen molar-refractivity contribution in [3.8, 4) is 0 Å². The highest BCUT2D eigenvalue weighted by Crippen LogP contribution is 2.27. The van der Waals surface area contributed by atoms with Crippen LogP contribution in [0.5, 0.6) is 0 Å². The molecule has 1 aromatic carbocycles. The second-order valence-corrected chi connectivity index (χ2v) is 9.22. The van der Waals surface area contributed by atoms with Crippen molar-refractivity contribution in [1.29, 1.82) is 0 Å². The Hall–Kier alpha value is -2.29. The van der Waals surface area contributed by atoms with Gasteiger partial charge in [-0.2, -0.15) is 0 Å². The number of carbonyl (C=O) groups excluding carboxylic acids is 2. The summed E-state index contributed by atoms with van der Waals surface area (Å²) in [6, 6.07) is 5.94. The van der Waals surface area contributed by atoms with Crippen LogP contribution in [0.25, 0.3) is 0 Å². The minimum atomic E-state index is -0.202. The summed E-state index contributed by atoms with van der Waals surface area (Å²) in [5, 5.41) is 9.10. The Bertz CT molecular complexity index is 1030. The molecule has 2 heterocycles. The van der Waals surface area contributed by atoms with E-state index in [1.807, 2.05) is 39.0 Å². The molecule has 0 spiro atoms. The van der Waals surface area contributed by atoms with Gasteiger partial charge in [0.1, 0.15) is 0 Å². The van der Waals surface area contributed by atoms with Crippen molar-refractivity contribution < 1.29 is 9.59 Å². The molecule has 152 valence electrons. The van der Waals surface area contributed by atoms with Crippen LogP contribution in [-0.2, 0) is 22.4 Å². The number of nitrogens with zero attached hydrogens (tertiary/aromatic N) is 2. The molecular weight excluding hydrogens is 428 g/mol. The van der Waals surface area contributed by atoms with Crippen molar-refractivity contribution in [2.24, 2.45) is 5.92 Å². The first-order chi connectivity index (χ1) is 13.8. The molecule has 0 saturated heterocycles. The van der Waals surface area contributed by atoms with E-state index in [0.717, 1.165) is 21.0 Å². The molecular formula is C20H21ClN4O2S2. The molecule has 3 aromatic rings. The van der Waals surface area contributed by atoms with E-state index in [0.29, 0.717) is 22.4 Å². The fraction of sp³-hybridized carbons (Fsp3) is 0.300. The number of hydrogen-bond donors (Lipinski definition) is 2. The van der Waals surface area contributed by atoms with Crippen molar-refractivity contribution in [2.75, 3.05) is 10.6 Å². The highest BCUT2D eigenvalue weighted by atomic mass is 35.5. The van der Waals surface area contributed by atoms with Crippen LogP contribution in [0.15, 0.2) is 29.8 Å². The molecule has 0 bridgehead atoms. The van der Waals surface area contributed by atoms with Gasteiger partial charge in [0.05, 0.1) is 12.1 Å². The summed E-state index contributed by atoms with van der Waals surface area (Å²) in [5.74, 6) is -0.426. The molecule has 2 aromatic heterocycles. The molecule has 0 aliphatic rings. The fourth-order valence-corrected chi connectivity index (χ4v) is 4.26. The summed E-state index contributed by atoms with van der Waals surface area (Å²) < 4.78 is 0. The maximum atomic E-state index is 12.3. The average Bonchev–Trinajstić information content (AvgIpc) is 3.28. The molecule has 0 saturated carbocycles. The molecule has 2 N–H and O–H groups in total. The number of aromatic nitrogens is 2. The van der Waals surface area contributed by atoms with E-state index >= 15 is 0 Å². The SMILES string of the molecule is Cc1cccc(Cc2cnc(NC(=O)Cc3csc(NC(=O)C(C)C)n3)s2)c1Cl. The van der Waals surface area contributed by atoms with Crippen molar-refractivity contribution in [2.45, 2.75) is 33.6 Å². The molecule has 0 radical (unpaired) electrons. The van der Waals surface area contributed by atoms with E-state index in [-0.39, 0.29) is 24.2 Å². The molecule has 9 heteroatoms. The predicted octanol–water partition coefficient (Wildman–Crippen LogP) is 4.93. The van der Waals surface area contributed by atoms with Gasteiger partial charge in [0, 0.05) is 33.8 Å². The zero-order valence-corrected chi connectivity index (χ0v) is 18.7. The number of anilines is 2. The number of carbonyl (C=O) groups is 2. The number of halogens is 1. The third-order valence-electron chi connectivity index (χ3n) is 4.08. The van der Waals surface area contributed by atoms with Gasteiger partial charge in [-0.25, -0.2) is 9.97 Å². The lowest BCUT2D eigenvalue weighted by Crippen LogP contribution is -2.18. The molecule has 29 heavy (non-hydrogen) atoms. The second kappa shape index (κ2) is 9.47. The van der Waals surface area contributed by atoms with Crippen LogP contribution in [0.1, 0.15) is 35.5 Å². The fourth-order valence-electron chi connectivity index (χ4n) is 2.50. The van der Waals surface area contributed by atoms with E-state index in [1.165, 1.54) is 22.7 Å². The van der Waals surface area contributed by atoms with Crippen molar-refractivity contribution >= 4 is 56.4 Å². The van der Waals surface area contributed by atoms with Gasteiger partial charge >= 0.3 is 0 Å². The summed E-state index contributed by atoms with van der Waals surface area (Å²) in [7, 11) is 0. The Morgan fingerprint density at radius 3 is 2.76 bits per heavy atom. The molecule has 0 unspecified atom stereocenters. The standard InChI is InChI=1S/C20H21ClN4O2S2/c1-11(2)18(27)25-20-23-14(10-28-20)8-16(26)24-19-22-9-15(29-19)7-13-6-4-5-12(3)17(13)21/h4-6,9-11H,7-8H2,1-3H3,(H,22,24,26)(H,23,25,27). The van der Waals surface area contributed by atoms with Crippen LogP contribution in [0.3, 0.4) is 0 Å². The first-order valence-corrected chi connectivity index (χ1v) is 11.1. The number of hydrogen-bond acceptors (Lipinski definition) is 6. The molecule has 0 fully saturated rings. The number of nitrogens with one attached hydrogen (secondary N) is 2. The van der Waals surface area contributed by atoms with Gasteiger partial charge in [-0.3, -0.25) is 9.59 Å². The lowest BCUT2D eigenvalue weighted by molar-refractivity contribution is -0.119. The maximum Gasteiger partial charge on any atom is 0.232 e. The van der Waals surface area contributed by atoms with Gasteiger partial charge in [-0.15, -0.1) is 22.7 Å². The highest BCUT2D eigenvalue weighted by molar-refractivity contribution is 7.15. The van der Waals surface area contributed by atoms with Gasteiger partial charge in [0.25, 0.3) is 0 Å². The second-order valence-electron chi connectivity index (χ2n) is 6.87. The number of benzene rings is 1. The minimum absolute atomic E-state index is 0.0978. The molecule has 6 nitrogen and oxygen atoms in total. The van der Waals surface area contributed by atoms with E-state index < -0.39 is 0 Å². The summed E-state index contributed by atoms with van der Waals surface area (Å²) in [5.41, 5.74) is 2.68. The summed E-state index contributed by atoms with van der Waals surface area (Å²) in [4.78, 5) is 33.6. The van der Waals surface area contributed by atoms with E-state index in [2.05, 4.69) is 20.6 Å². The van der Waals surface area contributed by atoms with Crippen LogP contribution < -0.4 is 10.6 Å². The van der Waals surface area contributed by atoms with Crippen molar-refractivity contribution in [1.82, 2.24) is 9.97 Å². The lowest BCUT2D eigenvalue weighted by Gasteiger charge is -2.04. The molecule has 0 atom stereocenters. The van der Waals surface area contributed by atoms with Crippen molar-refractivity contribution in [3.05, 3.63) is 56.5 Å². The first-order valence-electron chi connectivity index (χ1n) is 9.05. The van der Waals surface area contributed by atoms with Crippen LogP contribution in [0, 0.1) is 12.8 Å². The monoisotopic (exact) mass is 448 g/mol. The van der Waals surface area contributed by atoms with Gasteiger partial charge < -0.3 is 10.6 Å². The number of rotatable bonds is 7. The quantitative estimate of drug-likeness (QED) is 0.536. The van der Waals surface area contributed by atoms with Crippen LogP contribution in [0.2, 0.25) is 5.02 Å². The third kappa shape index (κ3) is 5.85. The smallest absolute Gasteiger partial charge is 0.232 e. The van der Waals surface area contributed by atoms with Crippen LogP contribution in [0.4, 0.5) is 10.3 Å². The van der Waals surface area contributed by atoms with E-state index in [1.54, 1.807) is 11.6 Å². The largest absolute Gasteiger partial charge is 0.302 e. The van der Waals surface area contributed by atoms with E-state index in [4.69, 9.17) is 11.6 Å². The lowest BCUT2D eigenvalue weighted by atomic mass is 10.1. The van der Waals surface area contributed by atoms with Gasteiger partial charge in [0.15, 0.2) is 10.3 Å². The Kier molecular flexibility index (Phi) is 7.00. The Morgan fingerprint density at radius 2 is 2.00 bits per heavy atom. The van der Waals surface area contributed by atoms with Gasteiger partial charge in [0.2, 0.25) is 11.8 Å². The molecule has 2 amide bonds. The number of amides is 2. The van der Waals surface area contributed by atoms with Gasteiger partial charge in [-0.05, 0) is 18.1 Å². The van der Waals surface area contributed by atoms with Crippen LogP contribution in [-0.4, -0.2) is 21.8 Å². The van der Waals surface area contributed by atoms with Crippen LogP contribution >= 0.6 is 34.3 Å². The Labute approximate surface area is 182 Å². The molecule has 0 aliphatic carbocycles. The topological polar surface area (TPSA) is 84.0 Å². The summed E-state index contributed by atoms with van der Waals surface area (Å²) >= 11 is 9.08. The zero-order chi connectivity index (χ0) is 21.0. The first kappa shape index (κ1) is 21.4. The summed E-state index contributed by atoms with van der Waals surface area (Å²) in [6.07, 6.45) is 2.53. The number of thiazole rings is 2. The van der Waals surface area contributed by atoms with E-state index in [9.17, 15) is 9.59 Å². The molecule has 0 aliphatic heterocycles. The normalized spacial score (nSPS) is 10.9. The average molecular weight is 449 g/mol. The zero-order valence-electron chi connectivity index (χ0n) is 16.3. The highest BCUT2D eigenvalue weighted by Gasteiger charge is 2.13.